The maximum absolute atomic E-state index is 13.1. The number of benzene rings is 1. The summed E-state index contributed by atoms with van der Waals surface area (Å²) in [6.07, 6.45) is 9.07. The minimum absolute atomic E-state index is 0.0171. The van der Waals surface area contributed by atoms with Crippen molar-refractivity contribution in [2.45, 2.75) is 105 Å². The quantitative estimate of drug-likeness (QED) is 0.480. The molecule has 2 aliphatic rings. The van der Waals surface area contributed by atoms with Gasteiger partial charge in [-0.05, 0) is 86.2 Å². The molecule has 4 atom stereocenters. The fourth-order valence-corrected chi connectivity index (χ4v) is 5.21. The van der Waals surface area contributed by atoms with Gasteiger partial charge in [-0.3, -0.25) is 0 Å². The zero-order valence-electron chi connectivity index (χ0n) is 20.0. The average molecular weight is 415 g/mol. The zero-order chi connectivity index (χ0) is 21.9. The summed E-state index contributed by atoms with van der Waals surface area (Å²) >= 11 is 0. The second-order valence-electron chi connectivity index (χ2n) is 11.7. The SMILES string of the molecule is CC(C)(C)C1CCCC(OC(=O)c2ccccc2OC2CCCC(C(C)(C)C)C2)C1. The Morgan fingerprint density at radius 3 is 1.93 bits per heavy atom. The molecule has 2 saturated carbocycles. The van der Waals surface area contributed by atoms with Crippen LogP contribution in [-0.2, 0) is 4.74 Å². The Kier molecular flexibility index (Phi) is 7.20. The van der Waals surface area contributed by atoms with Crippen molar-refractivity contribution in [1.82, 2.24) is 0 Å². The lowest BCUT2D eigenvalue weighted by atomic mass is 9.71. The first-order valence-electron chi connectivity index (χ1n) is 12.0. The Hall–Kier alpha value is -1.51. The second kappa shape index (κ2) is 9.32. The molecule has 0 saturated heterocycles. The molecule has 1 aromatic rings. The predicted molar refractivity (Wildman–Crippen MR) is 123 cm³/mol. The van der Waals surface area contributed by atoms with Gasteiger partial charge in [0.05, 0.1) is 6.10 Å². The highest BCUT2D eigenvalue weighted by Crippen LogP contribution is 2.40. The number of hydrogen-bond donors (Lipinski definition) is 0. The molecule has 0 bridgehead atoms. The third-order valence-corrected chi connectivity index (χ3v) is 7.38. The van der Waals surface area contributed by atoms with Crippen LogP contribution in [0.1, 0.15) is 103 Å². The number of ether oxygens (including phenoxy) is 2. The van der Waals surface area contributed by atoms with Crippen molar-refractivity contribution in [1.29, 1.82) is 0 Å². The molecule has 4 unspecified atom stereocenters. The van der Waals surface area contributed by atoms with Crippen LogP contribution in [0.2, 0.25) is 0 Å². The Bertz CT molecular complexity index is 710. The summed E-state index contributed by atoms with van der Waals surface area (Å²) in [7, 11) is 0. The van der Waals surface area contributed by atoms with Gasteiger partial charge in [-0.15, -0.1) is 0 Å². The van der Waals surface area contributed by atoms with Crippen molar-refractivity contribution >= 4 is 5.97 Å². The van der Waals surface area contributed by atoms with Crippen molar-refractivity contribution in [2.75, 3.05) is 0 Å². The minimum atomic E-state index is -0.228. The van der Waals surface area contributed by atoms with Gasteiger partial charge in [0.2, 0.25) is 0 Å². The van der Waals surface area contributed by atoms with Crippen LogP contribution in [0, 0.1) is 22.7 Å². The Balaban J connectivity index is 1.65. The third kappa shape index (κ3) is 6.02. The van der Waals surface area contributed by atoms with Gasteiger partial charge in [-0.1, -0.05) is 53.7 Å². The normalized spacial score (nSPS) is 28.1. The van der Waals surface area contributed by atoms with Crippen molar-refractivity contribution in [3.8, 4) is 5.75 Å². The topological polar surface area (TPSA) is 35.5 Å². The van der Waals surface area contributed by atoms with Gasteiger partial charge in [0.1, 0.15) is 17.4 Å². The fraction of sp³-hybridized carbons (Fsp3) is 0.741. The van der Waals surface area contributed by atoms with E-state index in [0.29, 0.717) is 28.6 Å². The van der Waals surface area contributed by atoms with Gasteiger partial charge in [-0.2, -0.15) is 0 Å². The number of carbonyl (C=O) groups is 1. The molecule has 0 aromatic heterocycles. The molecule has 0 aliphatic heterocycles. The van der Waals surface area contributed by atoms with Gasteiger partial charge in [0.25, 0.3) is 0 Å². The summed E-state index contributed by atoms with van der Waals surface area (Å²) in [5, 5.41) is 0. The fourth-order valence-electron chi connectivity index (χ4n) is 5.21. The van der Waals surface area contributed by atoms with E-state index in [4.69, 9.17) is 9.47 Å². The minimum Gasteiger partial charge on any atom is -0.490 e. The smallest absolute Gasteiger partial charge is 0.342 e. The third-order valence-electron chi connectivity index (χ3n) is 7.38. The molecule has 0 radical (unpaired) electrons. The Labute approximate surface area is 183 Å². The molecule has 1 aromatic carbocycles. The molecule has 0 amide bonds. The van der Waals surface area contributed by atoms with E-state index in [1.807, 2.05) is 24.3 Å². The van der Waals surface area contributed by atoms with Crippen molar-refractivity contribution in [3.05, 3.63) is 29.8 Å². The Morgan fingerprint density at radius 1 is 0.800 bits per heavy atom. The monoisotopic (exact) mass is 414 g/mol. The van der Waals surface area contributed by atoms with Crippen LogP contribution >= 0.6 is 0 Å². The van der Waals surface area contributed by atoms with E-state index in [0.717, 1.165) is 32.1 Å². The lowest BCUT2D eigenvalue weighted by molar-refractivity contribution is 0.00222. The van der Waals surface area contributed by atoms with Crippen LogP contribution in [0.4, 0.5) is 0 Å². The Morgan fingerprint density at radius 2 is 1.33 bits per heavy atom. The van der Waals surface area contributed by atoms with E-state index in [2.05, 4.69) is 41.5 Å². The first-order valence-corrected chi connectivity index (χ1v) is 12.0. The number of hydrogen-bond acceptors (Lipinski definition) is 3. The highest BCUT2D eigenvalue weighted by atomic mass is 16.5. The summed E-state index contributed by atoms with van der Waals surface area (Å²) in [4.78, 5) is 13.1. The van der Waals surface area contributed by atoms with Crippen molar-refractivity contribution < 1.29 is 14.3 Å². The van der Waals surface area contributed by atoms with Crippen molar-refractivity contribution in [3.63, 3.8) is 0 Å². The van der Waals surface area contributed by atoms with Gasteiger partial charge in [0, 0.05) is 0 Å². The number of para-hydroxylation sites is 1. The van der Waals surface area contributed by atoms with E-state index in [9.17, 15) is 4.79 Å². The number of carbonyl (C=O) groups excluding carboxylic acids is 1. The second-order valence-corrected chi connectivity index (χ2v) is 11.7. The summed E-state index contributed by atoms with van der Waals surface area (Å²) in [6.45, 7) is 13.8. The molecular weight excluding hydrogens is 372 g/mol. The summed E-state index contributed by atoms with van der Waals surface area (Å²) in [5.74, 6) is 1.72. The van der Waals surface area contributed by atoms with Gasteiger partial charge in [-0.25, -0.2) is 4.79 Å². The molecule has 30 heavy (non-hydrogen) atoms. The summed E-state index contributed by atoms with van der Waals surface area (Å²) in [6, 6.07) is 7.63. The van der Waals surface area contributed by atoms with Crippen LogP contribution in [-0.4, -0.2) is 18.2 Å². The average Bonchev–Trinajstić information content (AvgIpc) is 2.67. The van der Waals surface area contributed by atoms with Crippen LogP contribution in [0.5, 0.6) is 5.75 Å². The summed E-state index contributed by atoms with van der Waals surface area (Å²) < 4.78 is 12.4. The molecule has 3 rings (SSSR count). The van der Waals surface area contributed by atoms with Crippen LogP contribution in [0.15, 0.2) is 24.3 Å². The highest BCUT2D eigenvalue weighted by Gasteiger charge is 2.34. The van der Waals surface area contributed by atoms with E-state index in [1.54, 1.807) is 0 Å². The first-order chi connectivity index (χ1) is 14.0. The molecule has 0 spiro atoms. The molecule has 2 aliphatic carbocycles. The number of rotatable bonds is 4. The molecule has 3 heteroatoms. The maximum atomic E-state index is 13.1. The zero-order valence-corrected chi connectivity index (χ0v) is 20.0. The van der Waals surface area contributed by atoms with Crippen LogP contribution in [0.3, 0.4) is 0 Å². The van der Waals surface area contributed by atoms with E-state index < -0.39 is 0 Å². The van der Waals surface area contributed by atoms with E-state index >= 15 is 0 Å². The predicted octanol–water partition coefficient (Wildman–Crippen LogP) is 7.43. The number of esters is 1. The molecule has 0 N–H and O–H groups in total. The standard InChI is InChI=1S/C27H42O3/c1-26(2,3)19-11-9-13-21(17-19)29-24-16-8-7-15-23(24)25(28)30-22-14-10-12-20(18-22)27(4,5)6/h7-8,15-16,19-22H,9-14,17-18H2,1-6H3. The lowest BCUT2D eigenvalue weighted by Gasteiger charge is -2.38. The molecule has 168 valence electrons. The summed E-state index contributed by atoms with van der Waals surface area (Å²) in [5.41, 5.74) is 1.13. The molecule has 2 fully saturated rings. The van der Waals surface area contributed by atoms with Gasteiger partial charge >= 0.3 is 5.97 Å². The molecule has 3 nitrogen and oxygen atoms in total. The molecular formula is C27H42O3. The van der Waals surface area contributed by atoms with E-state index in [-0.39, 0.29) is 23.6 Å². The van der Waals surface area contributed by atoms with Crippen LogP contribution in [0.25, 0.3) is 0 Å². The van der Waals surface area contributed by atoms with Crippen LogP contribution < -0.4 is 4.74 Å². The van der Waals surface area contributed by atoms with Crippen molar-refractivity contribution in [2.24, 2.45) is 22.7 Å². The maximum Gasteiger partial charge on any atom is 0.342 e. The lowest BCUT2D eigenvalue weighted by Crippen LogP contribution is -2.33. The highest BCUT2D eigenvalue weighted by molar-refractivity contribution is 5.92. The van der Waals surface area contributed by atoms with Gasteiger partial charge < -0.3 is 9.47 Å². The van der Waals surface area contributed by atoms with E-state index in [1.165, 1.54) is 19.3 Å². The largest absolute Gasteiger partial charge is 0.490 e. The first kappa shape index (κ1) is 23.2. The molecule has 0 heterocycles. The van der Waals surface area contributed by atoms with Gasteiger partial charge in [0.15, 0.2) is 0 Å².